The maximum atomic E-state index is 12.2. The topological polar surface area (TPSA) is 159 Å². The Morgan fingerprint density at radius 3 is 2.64 bits per heavy atom. The van der Waals surface area contributed by atoms with E-state index in [1.54, 1.807) is 30.3 Å². The highest BCUT2D eigenvalue weighted by Crippen LogP contribution is 2.25. The average molecular weight is 404 g/mol. The fourth-order valence-corrected chi connectivity index (χ4v) is 2.95. The molecule has 3 rings (SSSR count). The zero-order valence-electron chi connectivity index (χ0n) is 14.3. The molecule has 28 heavy (non-hydrogen) atoms. The normalized spacial score (nSPS) is 13.8. The van der Waals surface area contributed by atoms with Gasteiger partial charge in [0.25, 0.3) is 17.4 Å². The molecule has 1 amide bonds. The van der Waals surface area contributed by atoms with E-state index in [2.05, 4.69) is 20.7 Å². The molecule has 12 nitrogen and oxygen atoms in total. The minimum atomic E-state index is -2.84. The molecule has 0 atom stereocenters. The number of amides is 1. The van der Waals surface area contributed by atoms with Gasteiger partial charge in [-0.3, -0.25) is 14.9 Å². The van der Waals surface area contributed by atoms with Gasteiger partial charge < -0.3 is 10.1 Å². The van der Waals surface area contributed by atoms with Crippen LogP contribution >= 0.6 is 0 Å². The molecule has 0 saturated heterocycles. The van der Waals surface area contributed by atoms with Crippen LogP contribution in [-0.2, 0) is 15.0 Å². The fourth-order valence-electron chi connectivity index (χ4n) is 2.39. The van der Waals surface area contributed by atoms with Gasteiger partial charge in [0.2, 0.25) is 10.3 Å². The van der Waals surface area contributed by atoms with Crippen LogP contribution < -0.4 is 5.32 Å². The van der Waals surface area contributed by atoms with E-state index in [1.807, 2.05) is 0 Å². The van der Waals surface area contributed by atoms with Gasteiger partial charge >= 0.3 is 0 Å². The van der Waals surface area contributed by atoms with Crippen LogP contribution in [0.4, 0.5) is 5.69 Å². The number of para-hydroxylation sites is 1. The number of ether oxygens (including phenoxy) is 1. The number of hydrogen-bond acceptors (Lipinski definition) is 9. The van der Waals surface area contributed by atoms with E-state index in [-0.39, 0.29) is 17.3 Å². The first-order valence-corrected chi connectivity index (χ1v) is 8.73. The molecule has 144 valence electrons. The maximum Gasteiger partial charge on any atom is 0.297 e. The molecule has 1 aromatic carbocycles. The summed E-state index contributed by atoms with van der Waals surface area (Å²) in [6.45, 7) is 0. The molecule has 0 spiro atoms. The van der Waals surface area contributed by atoms with Crippen molar-refractivity contribution in [1.29, 1.82) is 0 Å². The number of anilines is 1. The second-order valence-electron chi connectivity index (χ2n) is 5.36. The van der Waals surface area contributed by atoms with Crippen molar-refractivity contribution in [3.8, 4) is 0 Å². The first kappa shape index (κ1) is 18.9. The molecule has 0 unspecified atom stereocenters. The quantitative estimate of drug-likeness (QED) is 0.421. The van der Waals surface area contributed by atoms with E-state index in [0.29, 0.717) is 5.69 Å². The van der Waals surface area contributed by atoms with E-state index in [4.69, 9.17) is 4.74 Å². The minimum absolute atomic E-state index is 0.0201. The molecular formula is C15H12N6O6S. The summed E-state index contributed by atoms with van der Waals surface area (Å²) >= 11 is 0. The summed E-state index contributed by atoms with van der Waals surface area (Å²) in [6.07, 6.45) is 0.555. The van der Waals surface area contributed by atoms with Gasteiger partial charge in [0, 0.05) is 12.1 Å². The van der Waals surface area contributed by atoms with Crippen LogP contribution in [0.2, 0.25) is 0 Å². The number of aromatic nitrogens is 4. The number of allylic oxidation sites excluding steroid dienone is 3. The Morgan fingerprint density at radius 1 is 1.32 bits per heavy atom. The van der Waals surface area contributed by atoms with Gasteiger partial charge in [0.1, 0.15) is 11.5 Å². The molecule has 0 saturated carbocycles. The van der Waals surface area contributed by atoms with Crippen molar-refractivity contribution in [2.75, 3.05) is 12.4 Å². The Bertz CT molecular complexity index is 1140. The van der Waals surface area contributed by atoms with Crippen molar-refractivity contribution < 1.29 is 22.9 Å². The number of hydrogen-bond donors (Lipinski definition) is 1. The Balaban J connectivity index is 1.96. The second kappa shape index (κ2) is 7.79. The van der Waals surface area contributed by atoms with Crippen molar-refractivity contribution in [3.05, 3.63) is 63.8 Å². The molecule has 0 radical (unpaired) electrons. The zero-order valence-corrected chi connectivity index (χ0v) is 15.1. The number of benzene rings is 1. The SMILES string of the molecule is COC1=C(n2nnc(C(=O)Nc3ccccc3)n2)CC(=S(=O)=O)C([N+](=O)[O-])=C1. The Morgan fingerprint density at radius 2 is 2.04 bits per heavy atom. The first-order valence-electron chi connectivity index (χ1n) is 7.66. The van der Waals surface area contributed by atoms with Crippen LogP contribution in [0, 0.1) is 10.1 Å². The molecule has 1 aromatic heterocycles. The molecule has 1 N–H and O–H groups in total. The number of nitrogens with one attached hydrogen (secondary N) is 1. The summed E-state index contributed by atoms with van der Waals surface area (Å²) in [5, 5.41) is 25.0. The van der Waals surface area contributed by atoms with Crippen LogP contribution in [-0.4, -0.2) is 51.4 Å². The molecule has 0 fully saturated rings. The number of methoxy groups -OCH3 is 1. The summed E-state index contributed by atoms with van der Waals surface area (Å²) < 4.78 is 27.9. The fraction of sp³-hybridized carbons (Fsp3) is 0.133. The van der Waals surface area contributed by atoms with Crippen molar-refractivity contribution in [3.63, 3.8) is 0 Å². The smallest absolute Gasteiger partial charge is 0.297 e. The van der Waals surface area contributed by atoms with Gasteiger partial charge in [0.05, 0.1) is 18.1 Å². The standard InChI is InChI=1S/C15H12N6O6S/c1-27-12-7-11(21(23)24)13(28(25)26)8-10(12)20-18-14(17-19-20)15(22)16-9-5-3-2-4-6-9/h2-7H,8H2,1H3,(H,16,22). The summed E-state index contributed by atoms with van der Waals surface area (Å²) in [4.78, 5) is 22.9. The van der Waals surface area contributed by atoms with E-state index in [0.717, 1.165) is 10.9 Å². The third kappa shape index (κ3) is 3.78. The van der Waals surface area contributed by atoms with Gasteiger partial charge in [-0.05, 0) is 17.3 Å². The number of nitro groups is 1. The molecule has 13 heteroatoms. The van der Waals surface area contributed by atoms with Crippen LogP contribution in [0.25, 0.3) is 5.70 Å². The minimum Gasteiger partial charge on any atom is -0.494 e. The van der Waals surface area contributed by atoms with Gasteiger partial charge in [-0.15, -0.1) is 15.0 Å². The molecule has 1 aliphatic carbocycles. The highest BCUT2D eigenvalue weighted by Gasteiger charge is 2.32. The highest BCUT2D eigenvalue weighted by atomic mass is 32.2. The van der Waals surface area contributed by atoms with E-state index < -0.39 is 38.1 Å². The van der Waals surface area contributed by atoms with E-state index in [9.17, 15) is 23.3 Å². The summed E-state index contributed by atoms with van der Waals surface area (Å²) in [5.74, 6) is -0.931. The molecule has 1 heterocycles. The number of carbonyl (C=O) groups is 1. The Hall–Kier alpha value is -3.87. The van der Waals surface area contributed by atoms with Crippen molar-refractivity contribution in [2.45, 2.75) is 6.42 Å². The van der Waals surface area contributed by atoms with Crippen LogP contribution in [0.15, 0.2) is 47.9 Å². The molecule has 0 bridgehead atoms. The number of nitrogens with zero attached hydrogens (tertiary/aromatic N) is 5. The lowest BCUT2D eigenvalue weighted by Crippen LogP contribution is -2.21. The monoisotopic (exact) mass is 404 g/mol. The third-order valence-corrected chi connectivity index (χ3v) is 4.43. The molecule has 0 aliphatic heterocycles. The summed E-state index contributed by atoms with van der Waals surface area (Å²) in [5.41, 5.74) is -0.0103. The second-order valence-corrected chi connectivity index (χ2v) is 6.32. The third-order valence-electron chi connectivity index (χ3n) is 3.67. The van der Waals surface area contributed by atoms with Gasteiger partial charge in [-0.2, -0.15) is 8.42 Å². The van der Waals surface area contributed by atoms with Crippen LogP contribution in [0.1, 0.15) is 17.0 Å². The van der Waals surface area contributed by atoms with Crippen molar-refractivity contribution >= 4 is 32.4 Å². The number of tetrazole rings is 1. The predicted molar refractivity (Wildman–Crippen MR) is 96.1 cm³/mol. The number of rotatable bonds is 5. The van der Waals surface area contributed by atoms with Gasteiger partial charge in [-0.25, -0.2) is 0 Å². The van der Waals surface area contributed by atoms with Gasteiger partial charge in [-0.1, -0.05) is 18.2 Å². The van der Waals surface area contributed by atoms with Crippen molar-refractivity contribution in [2.24, 2.45) is 0 Å². The number of carbonyl (C=O) groups excluding carboxylic acids is 1. The highest BCUT2D eigenvalue weighted by molar-refractivity contribution is 7.73. The predicted octanol–water partition coefficient (Wildman–Crippen LogP) is 0.356. The lowest BCUT2D eigenvalue weighted by molar-refractivity contribution is -0.415. The maximum absolute atomic E-state index is 12.2. The summed E-state index contributed by atoms with van der Waals surface area (Å²) in [7, 11) is -1.59. The summed E-state index contributed by atoms with van der Waals surface area (Å²) in [6, 6.07) is 8.59. The molecule has 1 aliphatic rings. The van der Waals surface area contributed by atoms with E-state index >= 15 is 0 Å². The average Bonchev–Trinajstić information content (AvgIpc) is 3.17. The lowest BCUT2D eigenvalue weighted by atomic mass is 10.1. The van der Waals surface area contributed by atoms with Crippen molar-refractivity contribution in [1.82, 2.24) is 20.2 Å². The Labute approximate surface area is 158 Å². The lowest BCUT2D eigenvalue weighted by Gasteiger charge is -2.14. The zero-order chi connectivity index (χ0) is 20.3. The Kier molecular flexibility index (Phi) is 5.26. The van der Waals surface area contributed by atoms with E-state index in [1.165, 1.54) is 7.11 Å². The van der Waals surface area contributed by atoms with Gasteiger partial charge in [0.15, 0.2) is 4.86 Å². The molecule has 2 aromatic rings. The largest absolute Gasteiger partial charge is 0.494 e. The van der Waals surface area contributed by atoms with Crippen LogP contribution in [0.3, 0.4) is 0 Å². The molecular weight excluding hydrogens is 392 g/mol. The first-order chi connectivity index (χ1) is 13.4. The van der Waals surface area contributed by atoms with Crippen LogP contribution in [0.5, 0.6) is 0 Å².